The number of hydrogen-bond donors (Lipinski definition) is 1. The number of anilines is 1. The Hall–Kier alpha value is -0.980. The van der Waals surface area contributed by atoms with Crippen LogP contribution in [0.4, 0.5) is 10.1 Å². The van der Waals surface area contributed by atoms with Crippen LogP contribution in [0.5, 0.6) is 0 Å². The summed E-state index contributed by atoms with van der Waals surface area (Å²) in [4.78, 5) is 0.480. The first-order chi connectivity index (χ1) is 8.65. The molecule has 0 aliphatic carbocycles. The summed E-state index contributed by atoms with van der Waals surface area (Å²) in [5.74, 6) is 0.0270. The zero-order valence-corrected chi connectivity index (χ0v) is 11.2. The fourth-order valence-corrected chi connectivity index (χ4v) is 2.51. The van der Waals surface area contributed by atoms with Crippen molar-refractivity contribution in [2.24, 2.45) is 0 Å². The first-order valence-electron chi connectivity index (χ1n) is 5.65. The number of rotatable bonds is 8. The van der Waals surface area contributed by atoms with Gasteiger partial charge in [-0.05, 0) is 24.6 Å². The second-order valence-electron chi connectivity index (χ2n) is 3.69. The van der Waals surface area contributed by atoms with Gasteiger partial charge in [-0.1, -0.05) is 0 Å². The summed E-state index contributed by atoms with van der Waals surface area (Å²) < 4.78 is 34.8. The van der Waals surface area contributed by atoms with E-state index in [1.807, 2.05) is 0 Å². The van der Waals surface area contributed by atoms with Crippen LogP contribution >= 0.6 is 0 Å². The molecule has 0 bridgehead atoms. The fraction of sp³-hybridized carbons (Fsp3) is 0.500. The molecule has 1 rings (SSSR count). The molecule has 4 nitrogen and oxygen atoms in total. The number of benzene rings is 1. The summed E-state index contributed by atoms with van der Waals surface area (Å²) in [6, 6.07) is 3.91. The molecule has 2 N–H and O–H groups in total. The number of halogens is 1. The third kappa shape index (κ3) is 5.12. The van der Waals surface area contributed by atoms with Gasteiger partial charge in [-0.15, -0.1) is 0 Å². The van der Waals surface area contributed by atoms with E-state index in [-0.39, 0.29) is 5.69 Å². The summed E-state index contributed by atoms with van der Waals surface area (Å²) in [5.41, 5.74) is 5.84. The monoisotopic (exact) mass is 275 g/mol. The molecule has 0 aliphatic heterocycles. The van der Waals surface area contributed by atoms with E-state index in [9.17, 15) is 8.60 Å². The molecule has 1 aromatic carbocycles. The predicted octanol–water partition coefficient (Wildman–Crippen LogP) is 1.57. The summed E-state index contributed by atoms with van der Waals surface area (Å²) in [6.45, 7) is 1.60. The number of nitrogen functional groups attached to an aromatic ring is 1. The number of ether oxygens (including phenoxy) is 2. The van der Waals surface area contributed by atoms with Crippen molar-refractivity contribution in [1.29, 1.82) is 0 Å². The average Bonchev–Trinajstić information content (AvgIpc) is 2.33. The highest BCUT2D eigenvalue weighted by Gasteiger charge is 2.08. The quantitative estimate of drug-likeness (QED) is 0.578. The highest BCUT2D eigenvalue weighted by Crippen LogP contribution is 2.18. The largest absolute Gasteiger partial charge is 0.398 e. The third-order valence-electron chi connectivity index (χ3n) is 2.27. The zero-order chi connectivity index (χ0) is 13.4. The van der Waals surface area contributed by atoms with Gasteiger partial charge in [-0.2, -0.15) is 0 Å². The SMILES string of the molecule is COCCOCCCS(=O)c1ccc(F)cc1N. The third-order valence-corrected chi connectivity index (χ3v) is 3.79. The Bertz CT molecular complexity index is 401. The number of methoxy groups -OCH3 is 1. The van der Waals surface area contributed by atoms with Gasteiger partial charge in [0.2, 0.25) is 0 Å². The number of hydrogen-bond acceptors (Lipinski definition) is 4. The van der Waals surface area contributed by atoms with Gasteiger partial charge in [0.25, 0.3) is 0 Å². The van der Waals surface area contributed by atoms with Crippen molar-refractivity contribution in [3.05, 3.63) is 24.0 Å². The Balaban J connectivity index is 2.32. The van der Waals surface area contributed by atoms with Gasteiger partial charge in [0.05, 0.1) is 34.6 Å². The van der Waals surface area contributed by atoms with E-state index in [0.29, 0.717) is 36.9 Å². The number of nitrogens with two attached hydrogens (primary N) is 1. The van der Waals surface area contributed by atoms with Crippen molar-refractivity contribution in [1.82, 2.24) is 0 Å². The Morgan fingerprint density at radius 1 is 1.33 bits per heavy atom. The lowest BCUT2D eigenvalue weighted by molar-refractivity contribution is 0.0713. The van der Waals surface area contributed by atoms with Crippen LogP contribution in [0, 0.1) is 5.82 Å². The van der Waals surface area contributed by atoms with Crippen LogP contribution < -0.4 is 5.73 Å². The first-order valence-corrected chi connectivity index (χ1v) is 6.97. The summed E-state index contributed by atoms with van der Waals surface area (Å²) in [5, 5.41) is 0. The highest BCUT2D eigenvalue weighted by atomic mass is 32.2. The molecule has 1 atom stereocenters. The highest BCUT2D eigenvalue weighted by molar-refractivity contribution is 7.85. The molecule has 0 aliphatic rings. The van der Waals surface area contributed by atoms with Gasteiger partial charge in [-0.3, -0.25) is 4.21 Å². The molecule has 0 spiro atoms. The molecule has 0 saturated carbocycles. The summed E-state index contributed by atoms with van der Waals surface area (Å²) in [7, 11) is 0.393. The Labute approximate surface area is 109 Å². The minimum absolute atomic E-state index is 0.230. The molecule has 1 aromatic rings. The van der Waals surface area contributed by atoms with E-state index in [2.05, 4.69) is 0 Å². The van der Waals surface area contributed by atoms with Gasteiger partial charge in [0, 0.05) is 19.5 Å². The smallest absolute Gasteiger partial charge is 0.125 e. The normalized spacial score (nSPS) is 12.6. The van der Waals surface area contributed by atoms with Crippen LogP contribution in [0.2, 0.25) is 0 Å². The second-order valence-corrected chi connectivity index (χ2v) is 5.23. The van der Waals surface area contributed by atoms with Crippen LogP contribution in [0.1, 0.15) is 6.42 Å². The Morgan fingerprint density at radius 2 is 2.11 bits per heavy atom. The molecule has 6 heteroatoms. The Morgan fingerprint density at radius 3 is 2.78 bits per heavy atom. The zero-order valence-electron chi connectivity index (χ0n) is 10.4. The van der Waals surface area contributed by atoms with Crippen molar-refractivity contribution in [3.63, 3.8) is 0 Å². The van der Waals surface area contributed by atoms with Crippen LogP contribution in [0.25, 0.3) is 0 Å². The predicted molar refractivity (Wildman–Crippen MR) is 69.4 cm³/mol. The standard InChI is InChI=1S/C12H18FNO3S/c1-16-6-7-17-5-2-8-18(15)12-4-3-10(13)9-11(12)14/h3-4,9H,2,5-8,14H2,1H3. The topological polar surface area (TPSA) is 61.5 Å². The molecule has 0 aromatic heterocycles. The van der Waals surface area contributed by atoms with Gasteiger partial charge in [0.1, 0.15) is 5.82 Å². The second kappa shape index (κ2) is 8.18. The van der Waals surface area contributed by atoms with Crippen LogP contribution in [0.3, 0.4) is 0 Å². The van der Waals surface area contributed by atoms with Crippen molar-refractivity contribution in [2.75, 3.05) is 38.4 Å². The molecule has 18 heavy (non-hydrogen) atoms. The minimum Gasteiger partial charge on any atom is -0.398 e. The molecule has 1 unspecified atom stereocenters. The molecular weight excluding hydrogens is 257 g/mol. The van der Waals surface area contributed by atoms with E-state index >= 15 is 0 Å². The molecule has 0 fully saturated rings. The lowest BCUT2D eigenvalue weighted by atomic mass is 10.3. The van der Waals surface area contributed by atoms with Crippen LogP contribution in [0.15, 0.2) is 23.1 Å². The fourth-order valence-electron chi connectivity index (χ4n) is 1.37. The first kappa shape index (κ1) is 15.1. The summed E-state index contributed by atoms with van der Waals surface area (Å²) in [6.07, 6.45) is 0.660. The van der Waals surface area contributed by atoms with E-state index in [0.717, 1.165) is 0 Å². The van der Waals surface area contributed by atoms with Crippen molar-refractivity contribution in [2.45, 2.75) is 11.3 Å². The molecule has 0 radical (unpaired) electrons. The van der Waals surface area contributed by atoms with Crippen LogP contribution in [-0.4, -0.2) is 36.9 Å². The maximum absolute atomic E-state index is 12.8. The molecule has 0 amide bonds. The van der Waals surface area contributed by atoms with Gasteiger partial charge < -0.3 is 15.2 Å². The lowest BCUT2D eigenvalue weighted by Gasteiger charge is -2.06. The van der Waals surface area contributed by atoms with E-state index < -0.39 is 16.6 Å². The molecular formula is C12H18FNO3S. The molecule has 0 saturated heterocycles. The minimum atomic E-state index is -1.21. The average molecular weight is 275 g/mol. The van der Waals surface area contributed by atoms with Gasteiger partial charge in [0.15, 0.2) is 0 Å². The van der Waals surface area contributed by atoms with E-state index in [4.69, 9.17) is 15.2 Å². The van der Waals surface area contributed by atoms with Crippen molar-refractivity contribution < 1.29 is 18.1 Å². The van der Waals surface area contributed by atoms with E-state index in [1.165, 1.54) is 18.2 Å². The van der Waals surface area contributed by atoms with Crippen molar-refractivity contribution in [3.8, 4) is 0 Å². The Kier molecular flexibility index (Phi) is 6.85. The van der Waals surface area contributed by atoms with Crippen molar-refractivity contribution >= 4 is 16.5 Å². The summed E-state index contributed by atoms with van der Waals surface area (Å²) >= 11 is 0. The van der Waals surface area contributed by atoms with E-state index in [1.54, 1.807) is 7.11 Å². The maximum Gasteiger partial charge on any atom is 0.125 e. The maximum atomic E-state index is 12.8. The molecule has 102 valence electrons. The lowest BCUT2D eigenvalue weighted by Crippen LogP contribution is -2.07. The van der Waals surface area contributed by atoms with Gasteiger partial charge >= 0.3 is 0 Å². The molecule has 0 heterocycles. The van der Waals surface area contributed by atoms with Crippen LogP contribution in [-0.2, 0) is 20.3 Å². The van der Waals surface area contributed by atoms with Gasteiger partial charge in [-0.25, -0.2) is 4.39 Å².